The molecule has 0 radical (unpaired) electrons. The first kappa shape index (κ1) is 15.9. The first-order valence-electron chi connectivity index (χ1n) is 7.37. The van der Waals surface area contributed by atoms with E-state index in [4.69, 9.17) is 5.73 Å². The summed E-state index contributed by atoms with van der Waals surface area (Å²) in [5, 5.41) is 8.93. The fourth-order valence-electron chi connectivity index (χ4n) is 2.17. The van der Waals surface area contributed by atoms with E-state index in [0.717, 1.165) is 20.2 Å². The first-order chi connectivity index (χ1) is 11.2. The van der Waals surface area contributed by atoms with Gasteiger partial charge in [-0.2, -0.15) is 0 Å². The Balaban J connectivity index is 1.41. The third-order valence-electron chi connectivity index (χ3n) is 3.33. The van der Waals surface area contributed by atoms with Crippen molar-refractivity contribution in [3.05, 3.63) is 46.7 Å². The minimum atomic E-state index is -0.504. The van der Waals surface area contributed by atoms with E-state index in [-0.39, 0.29) is 5.91 Å². The second kappa shape index (κ2) is 7.54. The molecule has 1 atom stereocenters. The Morgan fingerprint density at radius 1 is 1.22 bits per heavy atom. The number of carbonyl (C=O) groups is 1. The molecule has 0 aliphatic carbocycles. The van der Waals surface area contributed by atoms with E-state index >= 15 is 0 Å². The molecule has 2 heterocycles. The molecule has 0 bridgehead atoms. The fraction of sp³-hybridized carbons (Fsp3) is 0.250. The third-order valence-corrected chi connectivity index (χ3v) is 5.23. The summed E-state index contributed by atoms with van der Waals surface area (Å²) in [7, 11) is 0. The van der Waals surface area contributed by atoms with E-state index in [1.807, 2.05) is 41.8 Å². The van der Waals surface area contributed by atoms with Crippen molar-refractivity contribution in [2.45, 2.75) is 12.5 Å². The van der Waals surface area contributed by atoms with Crippen LogP contribution >= 0.6 is 22.7 Å². The number of fused-ring (bicyclic) bond motifs is 1. The van der Waals surface area contributed by atoms with E-state index in [2.05, 4.69) is 15.6 Å². The van der Waals surface area contributed by atoms with Gasteiger partial charge in [0.1, 0.15) is 0 Å². The molecule has 3 rings (SSSR count). The van der Waals surface area contributed by atoms with E-state index in [1.54, 1.807) is 22.7 Å². The Morgan fingerprint density at radius 3 is 2.87 bits per heavy atom. The van der Waals surface area contributed by atoms with Crippen molar-refractivity contribution >= 4 is 43.9 Å². The molecule has 2 aromatic heterocycles. The molecule has 0 fully saturated rings. The highest BCUT2D eigenvalue weighted by molar-refractivity contribution is 7.22. The van der Waals surface area contributed by atoms with Crippen LogP contribution in [0.15, 0.2) is 41.8 Å². The molecular formula is C16H18N4OS2. The van der Waals surface area contributed by atoms with Gasteiger partial charge in [-0.1, -0.05) is 29.5 Å². The predicted molar refractivity (Wildman–Crippen MR) is 97.1 cm³/mol. The summed E-state index contributed by atoms with van der Waals surface area (Å²) < 4.78 is 1.15. The van der Waals surface area contributed by atoms with Crippen LogP contribution in [-0.4, -0.2) is 30.0 Å². The molecule has 0 unspecified atom stereocenters. The van der Waals surface area contributed by atoms with Gasteiger partial charge in [0.2, 0.25) is 5.91 Å². The molecule has 4 N–H and O–H groups in total. The molecule has 7 heteroatoms. The lowest BCUT2D eigenvalue weighted by molar-refractivity contribution is -0.122. The Morgan fingerprint density at radius 2 is 2.09 bits per heavy atom. The number of aromatic nitrogens is 1. The summed E-state index contributed by atoms with van der Waals surface area (Å²) in [6.45, 7) is 1.14. The molecule has 0 saturated carbocycles. The standard InChI is InChI=1S/C16H18N4OS2/c17-12(10-11-4-3-9-22-11)15(21)18-7-8-19-16-20-13-5-1-2-6-14(13)23-16/h1-6,9,12H,7-8,10,17H2,(H,18,21)(H,19,20)/t12-/m0/s1. The maximum Gasteiger partial charge on any atom is 0.237 e. The van der Waals surface area contributed by atoms with Gasteiger partial charge in [0, 0.05) is 24.4 Å². The fourth-order valence-corrected chi connectivity index (χ4v) is 3.83. The zero-order chi connectivity index (χ0) is 16.1. The summed E-state index contributed by atoms with van der Waals surface area (Å²) in [5.41, 5.74) is 6.90. The lowest BCUT2D eigenvalue weighted by Crippen LogP contribution is -2.43. The molecule has 0 saturated heterocycles. The molecule has 3 aromatic rings. The Labute approximate surface area is 142 Å². The average molecular weight is 346 g/mol. The molecule has 1 amide bonds. The molecule has 120 valence electrons. The van der Waals surface area contributed by atoms with Crippen LogP contribution in [0, 0.1) is 0 Å². The largest absolute Gasteiger partial charge is 0.360 e. The summed E-state index contributed by atoms with van der Waals surface area (Å²) in [5.74, 6) is -0.121. The maximum absolute atomic E-state index is 11.9. The molecule has 23 heavy (non-hydrogen) atoms. The van der Waals surface area contributed by atoms with E-state index in [0.29, 0.717) is 19.5 Å². The quantitative estimate of drug-likeness (QED) is 0.574. The number of nitrogens with zero attached hydrogens (tertiary/aromatic N) is 1. The lowest BCUT2D eigenvalue weighted by atomic mass is 10.2. The Kier molecular flexibility index (Phi) is 5.22. The van der Waals surface area contributed by atoms with Gasteiger partial charge in [-0.3, -0.25) is 4.79 Å². The van der Waals surface area contributed by atoms with Crippen LogP contribution in [0.5, 0.6) is 0 Å². The minimum absolute atomic E-state index is 0.121. The van der Waals surface area contributed by atoms with Gasteiger partial charge in [-0.15, -0.1) is 11.3 Å². The monoisotopic (exact) mass is 346 g/mol. The average Bonchev–Trinajstić information content (AvgIpc) is 3.19. The van der Waals surface area contributed by atoms with Crippen molar-refractivity contribution in [1.29, 1.82) is 0 Å². The zero-order valence-corrected chi connectivity index (χ0v) is 14.1. The number of amides is 1. The van der Waals surface area contributed by atoms with E-state index < -0.39 is 6.04 Å². The highest BCUT2D eigenvalue weighted by Crippen LogP contribution is 2.24. The normalized spacial score (nSPS) is 12.2. The Hall–Kier alpha value is -1.96. The van der Waals surface area contributed by atoms with Gasteiger partial charge in [-0.05, 0) is 23.6 Å². The number of carbonyl (C=O) groups excluding carboxylic acids is 1. The number of nitrogens with two attached hydrogens (primary N) is 1. The van der Waals surface area contributed by atoms with Crippen molar-refractivity contribution in [2.24, 2.45) is 5.73 Å². The van der Waals surface area contributed by atoms with Crippen molar-refractivity contribution in [1.82, 2.24) is 10.3 Å². The molecule has 0 spiro atoms. The highest BCUT2D eigenvalue weighted by Gasteiger charge is 2.13. The summed E-state index contributed by atoms with van der Waals surface area (Å²) >= 11 is 3.22. The lowest BCUT2D eigenvalue weighted by Gasteiger charge is -2.11. The minimum Gasteiger partial charge on any atom is -0.360 e. The molecule has 5 nitrogen and oxygen atoms in total. The van der Waals surface area contributed by atoms with Crippen molar-refractivity contribution in [3.63, 3.8) is 0 Å². The number of thiophene rings is 1. The number of thiazole rings is 1. The molecule has 0 aliphatic rings. The predicted octanol–water partition coefficient (Wildman–Crippen LogP) is 2.46. The maximum atomic E-state index is 11.9. The third kappa shape index (κ3) is 4.28. The van der Waals surface area contributed by atoms with E-state index in [9.17, 15) is 4.79 Å². The molecule has 1 aromatic carbocycles. The van der Waals surface area contributed by atoms with Gasteiger partial charge >= 0.3 is 0 Å². The van der Waals surface area contributed by atoms with Crippen LogP contribution in [0.4, 0.5) is 5.13 Å². The van der Waals surface area contributed by atoms with Crippen LogP contribution in [0.3, 0.4) is 0 Å². The number of rotatable bonds is 7. The van der Waals surface area contributed by atoms with Gasteiger partial charge in [0.25, 0.3) is 0 Å². The number of para-hydroxylation sites is 1. The number of anilines is 1. The summed E-state index contributed by atoms with van der Waals surface area (Å²) in [6, 6.07) is 11.5. The number of nitrogens with one attached hydrogen (secondary N) is 2. The molecular weight excluding hydrogens is 328 g/mol. The topological polar surface area (TPSA) is 80.0 Å². The zero-order valence-electron chi connectivity index (χ0n) is 12.5. The van der Waals surface area contributed by atoms with E-state index in [1.165, 1.54) is 0 Å². The van der Waals surface area contributed by atoms with Crippen molar-refractivity contribution < 1.29 is 4.79 Å². The molecule has 0 aliphatic heterocycles. The SMILES string of the molecule is N[C@@H](Cc1cccs1)C(=O)NCCNc1nc2ccccc2s1. The van der Waals surface area contributed by atoms with Crippen LogP contribution in [0.25, 0.3) is 10.2 Å². The summed E-state index contributed by atoms with van der Waals surface area (Å²) in [6.07, 6.45) is 0.578. The number of hydrogen-bond acceptors (Lipinski definition) is 6. The Bertz CT molecular complexity index is 736. The second-order valence-corrected chi connectivity index (χ2v) is 7.16. The van der Waals surface area contributed by atoms with Crippen molar-refractivity contribution in [3.8, 4) is 0 Å². The number of benzene rings is 1. The van der Waals surface area contributed by atoms with Crippen LogP contribution in [-0.2, 0) is 11.2 Å². The van der Waals surface area contributed by atoms with Crippen LogP contribution in [0.1, 0.15) is 4.88 Å². The van der Waals surface area contributed by atoms with Gasteiger partial charge in [0.15, 0.2) is 5.13 Å². The number of hydrogen-bond donors (Lipinski definition) is 3. The van der Waals surface area contributed by atoms with Gasteiger partial charge in [-0.25, -0.2) is 4.98 Å². The van der Waals surface area contributed by atoms with Gasteiger partial charge < -0.3 is 16.4 Å². The summed E-state index contributed by atoms with van der Waals surface area (Å²) in [4.78, 5) is 17.6. The smallest absolute Gasteiger partial charge is 0.237 e. The van der Waals surface area contributed by atoms with Crippen LogP contribution in [0.2, 0.25) is 0 Å². The first-order valence-corrected chi connectivity index (χ1v) is 9.07. The second-order valence-electron chi connectivity index (χ2n) is 5.09. The van der Waals surface area contributed by atoms with Gasteiger partial charge in [0.05, 0.1) is 16.3 Å². The van der Waals surface area contributed by atoms with Crippen molar-refractivity contribution in [2.75, 3.05) is 18.4 Å². The highest BCUT2D eigenvalue weighted by atomic mass is 32.1. The van der Waals surface area contributed by atoms with Crippen LogP contribution < -0.4 is 16.4 Å².